The van der Waals surface area contributed by atoms with E-state index in [0.29, 0.717) is 16.5 Å². The van der Waals surface area contributed by atoms with E-state index in [2.05, 4.69) is 15.0 Å². The number of carbonyl (C=O) groups excluding carboxylic acids is 1. The van der Waals surface area contributed by atoms with Crippen LogP contribution >= 0.6 is 11.6 Å². The molecule has 0 saturated heterocycles. The van der Waals surface area contributed by atoms with Crippen molar-refractivity contribution in [3.63, 3.8) is 0 Å². The minimum absolute atomic E-state index is 0.244. The first-order chi connectivity index (χ1) is 9.60. The molecule has 0 radical (unpaired) electrons. The molecular weight excluding hydrogens is 282 g/mol. The first-order valence-corrected chi connectivity index (χ1v) is 6.35. The van der Waals surface area contributed by atoms with Crippen LogP contribution in [0.15, 0.2) is 30.5 Å². The van der Waals surface area contributed by atoms with Crippen LogP contribution < -0.4 is 4.74 Å². The molecule has 20 heavy (non-hydrogen) atoms. The maximum Gasteiger partial charge on any atom is 0.330 e. The van der Waals surface area contributed by atoms with E-state index < -0.39 is 6.04 Å². The molecule has 1 unspecified atom stereocenters. The predicted octanol–water partition coefficient (Wildman–Crippen LogP) is 2.24. The molecule has 1 aromatic carbocycles. The molecule has 0 N–H and O–H groups in total. The molecule has 0 aliphatic heterocycles. The number of aromatic nitrogens is 3. The molecule has 1 atom stereocenters. The van der Waals surface area contributed by atoms with Gasteiger partial charge in [-0.15, -0.1) is 5.10 Å². The van der Waals surface area contributed by atoms with Crippen LogP contribution in [0.1, 0.15) is 18.7 Å². The third-order valence-electron chi connectivity index (χ3n) is 2.68. The second-order valence-corrected chi connectivity index (χ2v) is 4.57. The van der Waals surface area contributed by atoms with E-state index in [1.165, 1.54) is 11.8 Å². The van der Waals surface area contributed by atoms with Crippen molar-refractivity contribution >= 4 is 17.6 Å². The third kappa shape index (κ3) is 3.48. The number of methoxy groups -OCH3 is 1. The summed E-state index contributed by atoms with van der Waals surface area (Å²) in [5.41, 5.74) is 0.612. The number of esters is 1. The maximum atomic E-state index is 11.4. The molecule has 0 aliphatic rings. The average molecular weight is 296 g/mol. The molecule has 0 aliphatic carbocycles. The Balaban J connectivity index is 1.98. The van der Waals surface area contributed by atoms with Gasteiger partial charge in [0.2, 0.25) is 0 Å². The highest BCUT2D eigenvalue weighted by atomic mass is 35.5. The van der Waals surface area contributed by atoms with Crippen molar-refractivity contribution < 1.29 is 14.3 Å². The highest BCUT2D eigenvalue weighted by Gasteiger charge is 2.17. The van der Waals surface area contributed by atoms with Gasteiger partial charge in [-0.1, -0.05) is 22.9 Å². The van der Waals surface area contributed by atoms with Crippen LogP contribution in [-0.2, 0) is 16.1 Å². The summed E-state index contributed by atoms with van der Waals surface area (Å²) < 4.78 is 11.6. The number of carbonyl (C=O) groups is 1. The Bertz CT molecular complexity index is 600. The molecule has 7 heteroatoms. The van der Waals surface area contributed by atoms with Gasteiger partial charge in [0, 0.05) is 5.02 Å². The Labute approximate surface area is 121 Å². The molecular formula is C13H14ClN3O3. The minimum atomic E-state index is -0.521. The van der Waals surface area contributed by atoms with E-state index in [9.17, 15) is 4.79 Å². The SMILES string of the molecule is COC(=O)C(C)n1cc(COc2cccc(Cl)c2)nn1. The molecule has 0 fully saturated rings. The van der Waals surface area contributed by atoms with E-state index in [-0.39, 0.29) is 12.6 Å². The van der Waals surface area contributed by atoms with Crippen molar-refractivity contribution in [2.24, 2.45) is 0 Å². The Morgan fingerprint density at radius 1 is 1.50 bits per heavy atom. The van der Waals surface area contributed by atoms with Crippen LogP contribution in [0.5, 0.6) is 5.75 Å². The summed E-state index contributed by atoms with van der Waals surface area (Å²) in [5.74, 6) is 0.269. The zero-order chi connectivity index (χ0) is 14.5. The molecule has 1 heterocycles. The van der Waals surface area contributed by atoms with Gasteiger partial charge in [0.25, 0.3) is 0 Å². The van der Waals surface area contributed by atoms with Crippen LogP contribution in [0.25, 0.3) is 0 Å². The standard InChI is InChI=1S/C13H14ClN3O3/c1-9(13(18)19-2)17-7-11(15-16-17)8-20-12-5-3-4-10(14)6-12/h3-7,9H,8H2,1-2H3. The zero-order valence-corrected chi connectivity index (χ0v) is 11.9. The fourth-order valence-electron chi connectivity index (χ4n) is 1.56. The number of ether oxygens (including phenoxy) is 2. The van der Waals surface area contributed by atoms with Crippen LogP contribution in [-0.4, -0.2) is 28.1 Å². The van der Waals surface area contributed by atoms with Gasteiger partial charge in [-0.25, -0.2) is 9.48 Å². The molecule has 2 aromatic rings. The lowest BCUT2D eigenvalue weighted by Gasteiger charge is -2.07. The van der Waals surface area contributed by atoms with Gasteiger partial charge in [-0.3, -0.25) is 0 Å². The van der Waals surface area contributed by atoms with Gasteiger partial charge >= 0.3 is 5.97 Å². The van der Waals surface area contributed by atoms with Crippen molar-refractivity contribution in [3.8, 4) is 5.75 Å². The van der Waals surface area contributed by atoms with Crippen molar-refractivity contribution in [1.29, 1.82) is 0 Å². The molecule has 106 valence electrons. The normalized spacial score (nSPS) is 11.9. The Hall–Kier alpha value is -2.08. The largest absolute Gasteiger partial charge is 0.487 e. The van der Waals surface area contributed by atoms with Gasteiger partial charge in [0.05, 0.1) is 13.3 Å². The summed E-state index contributed by atoms with van der Waals surface area (Å²) in [7, 11) is 1.33. The van der Waals surface area contributed by atoms with Crippen molar-refractivity contribution in [2.75, 3.05) is 7.11 Å². The van der Waals surface area contributed by atoms with Crippen LogP contribution in [0.3, 0.4) is 0 Å². The van der Waals surface area contributed by atoms with Crippen molar-refractivity contribution in [1.82, 2.24) is 15.0 Å². The van der Waals surface area contributed by atoms with Crippen LogP contribution in [0.4, 0.5) is 0 Å². The summed E-state index contributed by atoms with van der Waals surface area (Å²) in [6, 6.07) is 6.56. The highest BCUT2D eigenvalue weighted by molar-refractivity contribution is 6.30. The lowest BCUT2D eigenvalue weighted by atomic mass is 10.3. The molecule has 0 amide bonds. The number of halogens is 1. The van der Waals surface area contributed by atoms with Crippen molar-refractivity contribution in [2.45, 2.75) is 19.6 Å². The van der Waals surface area contributed by atoms with Crippen LogP contribution in [0.2, 0.25) is 5.02 Å². The summed E-state index contributed by atoms with van der Waals surface area (Å²) in [6.45, 7) is 1.93. The third-order valence-corrected chi connectivity index (χ3v) is 2.91. The van der Waals surface area contributed by atoms with E-state index in [1.807, 2.05) is 0 Å². The smallest absolute Gasteiger partial charge is 0.330 e. The quantitative estimate of drug-likeness (QED) is 0.792. The second kappa shape index (κ2) is 6.38. The number of rotatable bonds is 5. The number of benzene rings is 1. The summed E-state index contributed by atoms with van der Waals surface area (Å²) >= 11 is 5.86. The predicted molar refractivity (Wildman–Crippen MR) is 72.5 cm³/mol. The van der Waals surface area contributed by atoms with E-state index in [0.717, 1.165) is 0 Å². The molecule has 2 rings (SSSR count). The van der Waals surface area contributed by atoms with Gasteiger partial charge in [-0.2, -0.15) is 0 Å². The lowest BCUT2D eigenvalue weighted by molar-refractivity contribution is -0.144. The van der Waals surface area contributed by atoms with Crippen LogP contribution in [0, 0.1) is 0 Å². The van der Waals surface area contributed by atoms with Crippen molar-refractivity contribution in [3.05, 3.63) is 41.2 Å². The maximum absolute atomic E-state index is 11.4. The monoisotopic (exact) mass is 295 g/mol. The Kier molecular flexibility index (Phi) is 4.57. The minimum Gasteiger partial charge on any atom is -0.487 e. The summed E-state index contributed by atoms with van der Waals surface area (Å²) in [6.07, 6.45) is 1.64. The van der Waals surface area contributed by atoms with E-state index in [4.69, 9.17) is 16.3 Å². The second-order valence-electron chi connectivity index (χ2n) is 4.14. The topological polar surface area (TPSA) is 66.2 Å². The van der Waals surface area contributed by atoms with Gasteiger partial charge < -0.3 is 9.47 Å². The van der Waals surface area contributed by atoms with Gasteiger partial charge in [-0.05, 0) is 25.1 Å². The molecule has 6 nitrogen and oxygen atoms in total. The van der Waals surface area contributed by atoms with E-state index in [1.54, 1.807) is 37.4 Å². The highest BCUT2D eigenvalue weighted by Crippen LogP contribution is 2.18. The molecule has 0 saturated carbocycles. The summed E-state index contributed by atoms with van der Waals surface area (Å²) in [5, 5.41) is 8.42. The average Bonchev–Trinajstić information content (AvgIpc) is 2.92. The fraction of sp³-hybridized carbons (Fsp3) is 0.308. The van der Waals surface area contributed by atoms with Gasteiger partial charge in [0.15, 0.2) is 0 Å². The fourth-order valence-corrected chi connectivity index (χ4v) is 1.74. The number of hydrogen-bond acceptors (Lipinski definition) is 5. The molecule has 0 bridgehead atoms. The summed E-state index contributed by atoms with van der Waals surface area (Å²) in [4.78, 5) is 11.4. The number of nitrogens with zero attached hydrogens (tertiary/aromatic N) is 3. The zero-order valence-electron chi connectivity index (χ0n) is 11.1. The Morgan fingerprint density at radius 2 is 2.30 bits per heavy atom. The molecule has 1 aromatic heterocycles. The Morgan fingerprint density at radius 3 is 3.00 bits per heavy atom. The first-order valence-electron chi connectivity index (χ1n) is 5.97. The van der Waals surface area contributed by atoms with E-state index >= 15 is 0 Å². The van der Waals surface area contributed by atoms with Gasteiger partial charge in [0.1, 0.15) is 24.1 Å². The first kappa shape index (κ1) is 14.3. The number of hydrogen-bond donors (Lipinski definition) is 0. The lowest BCUT2D eigenvalue weighted by Crippen LogP contribution is -2.18. The molecule has 0 spiro atoms.